The number of thioether (sulfide) groups is 1. The van der Waals surface area contributed by atoms with Crippen LogP contribution in [-0.4, -0.2) is 38.7 Å². The van der Waals surface area contributed by atoms with Crippen molar-refractivity contribution in [1.29, 1.82) is 0 Å². The first-order valence-corrected chi connectivity index (χ1v) is 7.54. The van der Waals surface area contributed by atoms with Crippen molar-refractivity contribution in [1.82, 2.24) is 3.12 Å². The van der Waals surface area contributed by atoms with Crippen LogP contribution < -0.4 is 0 Å². The molecule has 1 saturated heterocycles. The molecule has 0 spiro atoms. The third kappa shape index (κ3) is 2.50. The monoisotopic (exact) mass is 330 g/mol. The molecule has 1 nitrogen and oxygen atoms in total. The Bertz CT molecular complexity index is 358. The summed E-state index contributed by atoms with van der Waals surface area (Å²) in [7, 11) is 0. The van der Waals surface area contributed by atoms with Crippen LogP contribution in [0.4, 0.5) is 4.39 Å². The third-order valence-corrected chi connectivity index (χ3v) is 5.14. The van der Waals surface area contributed by atoms with Crippen molar-refractivity contribution < 1.29 is 4.39 Å². The van der Waals surface area contributed by atoms with E-state index in [1.54, 1.807) is 23.9 Å². The van der Waals surface area contributed by atoms with Crippen molar-refractivity contribution in [2.75, 3.05) is 12.8 Å². The summed E-state index contributed by atoms with van der Waals surface area (Å²) in [5.41, 5.74) is 1.18. The van der Waals surface area contributed by atoms with E-state index in [2.05, 4.69) is 9.38 Å². The SMILES string of the molecule is CSc1ccc(F)cc1[C@H]1CCC[N]1[Sn]. The molecule has 1 aliphatic rings. The predicted molar refractivity (Wildman–Crippen MR) is 62.6 cm³/mol. The van der Waals surface area contributed by atoms with Crippen LogP contribution in [0, 0.1) is 5.82 Å². The first-order chi connectivity index (χ1) is 7.22. The van der Waals surface area contributed by atoms with Crippen LogP contribution in [0.3, 0.4) is 0 Å². The molecule has 2 rings (SSSR count). The zero-order chi connectivity index (χ0) is 10.8. The van der Waals surface area contributed by atoms with Gasteiger partial charge in [-0.25, -0.2) is 0 Å². The van der Waals surface area contributed by atoms with Gasteiger partial charge in [0.05, 0.1) is 0 Å². The summed E-state index contributed by atoms with van der Waals surface area (Å²) >= 11 is 3.15. The number of hydrogen-bond acceptors (Lipinski definition) is 2. The summed E-state index contributed by atoms with van der Waals surface area (Å²) in [6, 6.07) is 5.61. The van der Waals surface area contributed by atoms with Crippen LogP contribution in [-0.2, 0) is 0 Å². The first kappa shape index (κ1) is 11.7. The minimum atomic E-state index is -0.112. The molecule has 1 aromatic rings. The van der Waals surface area contributed by atoms with Crippen LogP contribution in [0.15, 0.2) is 23.1 Å². The van der Waals surface area contributed by atoms with Gasteiger partial charge in [0.1, 0.15) is 0 Å². The van der Waals surface area contributed by atoms with Crippen LogP contribution >= 0.6 is 11.8 Å². The Balaban J connectivity index is 2.36. The van der Waals surface area contributed by atoms with Crippen molar-refractivity contribution in [3.63, 3.8) is 0 Å². The van der Waals surface area contributed by atoms with Gasteiger partial charge in [0.15, 0.2) is 0 Å². The molecule has 0 unspecified atom stereocenters. The second-order valence-corrected chi connectivity index (χ2v) is 6.23. The Kier molecular flexibility index (Phi) is 3.96. The molecule has 0 aliphatic carbocycles. The Morgan fingerprint density at radius 2 is 2.33 bits per heavy atom. The summed E-state index contributed by atoms with van der Waals surface area (Å²) in [4.78, 5) is 1.22. The molecule has 0 N–H and O–H groups in total. The van der Waals surface area contributed by atoms with Gasteiger partial charge in [-0.15, -0.1) is 0 Å². The van der Waals surface area contributed by atoms with E-state index in [9.17, 15) is 4.39 Å². The van der Waals surface area contributed by atoms with Crippen molar-refractivity contribution in [2.24, 2.45) is 0 Å². The fourth-order valence-corrected chi connectivity index (χ4v) is 3.91. The average molecular weight is 329 g/mol. The summed E-state index contributed by atoms with van der Waals surface area (Å²) < 4.78 is 15.6. The molecule has 0 saturated carbocycles. The minimum absolute atomic E-state index is 0.112. The molecular formula is C11H13FNSSn. The number of hydrogen-bond donors (Lipinski definition) is 0. The van der Waals surface area contributed by atoms with Crippen LogP contribution in [0.1, 0.15) is 24.4 Å². The van der Waals surface area contributed by atoms with Crippen molar-refractivity contribution >= 4 is 34.6 Å². The van der Waals surface area contributed by atoms with E-state index in [1.807, 2.05) is 6.07 Å². The number of halogens is 1. The van der Waals surface area contributed by atoms with Crippen LogP contribution in [0.5, 0.6) is 0 Å². The summed E-state index contributed by atoms with van der Waals surface area (Å²) in [5.74, 6) is -0.112. The number of nitrogens with zero attached hydrogens (tertiary/aromatic N) is 1. The van der Waals surface area contributed by atoms with Gasteiger partial charge in [-0.05, 0) is 0 Å². The summed E-state index contributed by atoms with van der Waals surface area (Å²) in [6.07, 6.45) is 4.46. The molecule has 0 aromatic heterocycles. The topological polar surface area (TPSA) is 3.24 Å². The zero-order valence-electron chi connectivity index (χ0n) is 8.66. The molecule has 0 amide bonds. The van der Waals surface area contributed by atoms with Crippen LogP contribution in [0.2, 0.25) is 0 Å². The van der Waals surface area contributed by atoms with Crippen molar-refractivity contribution in [3.8, 4) is 0 Å². The van der Waals surface area contributed by atoms with Crippen molar-refractivity contribution in [2.45, 2.75) is 23.8 Å². The quantitative estimate of drug-likeness (QED) is 0.606. The molecule has 4 heteroatoms. The van der Waals surface area contributed by atoms with Gasteiger partial charge in [-0.1, -0.05) is 0 Å². The predicted octanol–water partition coefficient (Wildman–Crippen LogP) is 2.77. The molecule has 1 aromatic carbocycles. The molecule has 1 aliphatic heterocycles. The standard InChI is InChI=1S/C11H13FNS.Sn/c1-14-11-5-4-8(12)7-9(11)10-3-2-6-13-10;/h4-5,7,10H,2-3,6H2,1H3;/q-1;+1/t10-;/m1./s1. The Labute approximate surface area is 108 Å². The Hall–Kier alpha value is 0.259. The van der Waals surface area contributed by atoms with Crippen molar-refractivity contribution in [3.05, 3.63) is 29.6 Å². The second kappa shape index (κ2) is 5.06. The van der Waals surface area contributed by atoms with Gasteiger partial charge < -0.3 is 0 Å². The maximum absolute atomic E-state index is 13.2. The molecule has 1 atom stereocenters. The average Bonchev–Trinajstić information content (AvgIpc) is 2.64. The molecular weight excluding hydrogens is 316 g/mol. The fourth-order valence-electron chi connectivity index (χ4n) is 2.06. The molecule has 79 valence electrons. The molecule has 1 fully saturated rings. The molecule has 3 radical (unpaired) electrons. The van der Waals surface area contributed by atoms with E-state index in [-0.39, 0.29) is 5.82 Å². The second-order valence-electron chi connectivity index (χ2n) is 3.74. The van der Waals surface area contributed by atoms with Gasteiger partial charge in [-0.2, -0.15) is 0 Å². The molecule has 1 heterocycles. The van der Waals surface area contributed by atoms with Crippen LogP contribution in [0.25, 0.3) is 0 Å². The normalized spacial score (nSPS) is 22.2. The zero-order valence-corrected chi connectivity index (χ0v) is 12.3. The first-order valence-electron chi connectivity index (χ1n) is 5.03. The third-order valence-electron chi connectivity index (χ3n) is 2.80. The van der Waals surface area contributed by atoms with Gasteiger partial charge in [0, 0.05) is 0 Å². The molecule has 0 bridgehead atoms. The van der Waals surface area contributed by atoms with E-state index in [0.29, 0.717) is 6.04 Å². The van der Waals surface area contributed by atoms with Gasteiger partial charge in [-0.3, -0.25) is 0 Å². The van der Waals surface area contributed by atoms with E-state index < -0.39 is 0 Å². The summed E-state index contributed by atoms with van der Waals surface area (Å²) in [6.45, 7) is 1.16. The molecule has 15 heavy (non-hydrogen) atoms. The van der Waals surface area contributed by atoms with E-state index in [0.717, 1.165) is 6.54 Å². The van der Waals surface area contributed by atoms with E-state index in [1.165, 1.54) is 46.1 Å². The van der Waals surface area contributed by atoms with E-state index >= 15 is 0 Å². The Morgan fingerprint density at radius 3 is 2.93 bits per heavy atom. The summed E-state index contributed by atoms with van der Waals surface area (Å²) in [5, 5.41) is 0. The van der Waals surface area contributed by atoms with Gasteiger partial charge in [0.25, 0.3) is 0 Å². The van der Waals surface area contributed by atoms with Gasteiger partial charge >= 0.3 is 108 Å². The fraction of sp³-hybridized carbons (Fsp3) is 0.455. The Morgan fingerprint density at radius 1 is 1.53 bits per heavy atom. The van der Waals surface area contributed by atoms with E-state index in [4.69, 9.17) is 0 Å². The van der Waals surface area contributed by atoms with Gasteiger partial charge in [0.2, 0.25) is 0 Å². The maximum atomic E-state index is 13.2. The number of benzene rings is 1. The number of rotatable bonds is 2.